The number of rotatable bonds is 23. The van der Waals surface area contributed by atoms with Gasteiger partial charge >= 0.3 is 12.1 Å². The fourth-order valence-corrected chi connectivity index (χ4v) is 7.52. The van der Waals surface area contributed by atoms with Gasteiger partial charge in [0.05, 0.1) is 42.5 Å². The summed E-state index contributed by atoms with van der Waals surface area (Å²) >= 11 is 0. The Morgan fingerprint density at radius 3 is 2.34 bits per heavy atom. The number of likely N-dealkylation sites (tertiary alicyclic amines) is 1. The third-order valence-corrected chi connectivity index (χ3v) is 11.7. The van der Waals surface area contributed by atoms with Gasteiger partial charge in [-0.25, -0.2) is 19.6 Å². The first-order chi connectivity index (χ1) is 29.3. The molecule has 1 aliphatic heterocycles. The Bertz CT molecular complexity index is 2100. The number of hydrogen-bond acceptors (Lipinski definition) is 10. The van der Waals surface area contributed by atoms with E-state index in [9.17, 15) is 19.2 Å². The number of nitrogen functional groups attached to an aromatic ring is 1. The highest BCUT2D eigenvalue weighted by atomic mass is 16.6. The topological polar surface area (TPSA) is 200 Å². The second-order valence-corrected chi connectivity index (χ2v) is 16.7. The van der Waals surface area contributed by atoms with Gasteiger partial charge in [0, 0.05) is 57.3 Å². The number of unbranched alkanes of at least 4 members (excludes halogenated alkanes) is 3. The summed E-state index contributed by atoms with van der Waals surface area (Å²) < 4.78 is 13.7. The number of anilines is 1. The zero-order chi connectivity index (χ0) is 44.1. The van der Waals surface area contributed by atoms with E-state index in [2.05, 4.69) is 55.2 Å². The number of nitrogens with zero attached hydrogens (tertiary/aromatic N) is 5. The van der Waals surface area contributed by atoms with Crippen LogP contribution in [0.4, 0.5) is 15.5 Å². The lowest BCUT2D eigenvalue weighted by Crippen LogP contribution is -2.59. The van der Waals surface area contributed by atoms with Gasteiger partial charge in [-0.1, -0.05) is 83.4 Å². The summed E-state index contributed by atoms with van der Waals surface area (Å²) in [5.74, 6) is 0.687. The first kappa shape index (κ1) is 46.4. The number of amides is 4. The number of ketones is 1. The molecule has 2 aromatic heterocycles. The zero-order valence-corrected chi connectivity index (χ0v) is 36.7. The van der Waals surface area contributed by atoms with Crippen LogP contribution in [0.5, 0.6) is 5.75 Å². The molecule has 4 aromatic rings. The van der Waals surface area contributed by atoms with Crippen molar-refractivity contribution in [1.82, 2.24) is 35.0 Å². The smallest absolute Gasteiger partial charge is 0.410 e. The Hall–Kier alpha value is -5.70. The number of Topliss-reactive ketones (excluding diaryl/α,β-unsaturated/α-hetero) is 1. The van der Waals surface area contributed by atoms with E-state index in [0.29, 0.717) is 31.9 Å². The van der Waals surface area contributed by atoms with E-state index in [1.807, 2.05) is 57.3 Å². The van der Waals surface area contributed by atoms with Crippen LogP contribution in [0.1, 0.15) is 94.2 Å². The number of aryl methyl sites for hydroxylation is 1. The highest BCUT2D eigenvalue weighted by Crippen LogP contribution is 2.28. The lowest BCUT2D eigenvalue weighted by molar-refractivity contribution is -0.130. The molecule has 0 saturated carbocycles. The number of hydrogen-bond donors (Lipinski definition) is 4. The van der Waals surface area contributed by atoms with Gasteiger partial charge in [-0.05, 0) is 60.4 Å². The molecule has 2 atom stereocenters. The summed E-state index contributed by atoms with van der Waals surface area (Å²) in [5, 5.41) is 5.44. The standard InChI is InChI=1S/C46H65N9O6/c1-7-8-9-10-12-38-42-39(52-44(47)51-38)20-22-55(42)26-35-19-18-34(24-41(35)60-6)25-54-27-36(28-54)53(5)46(59)61-29-33-16-14-32(15-17-33)23-40(56)37(13-11-21-49-45(48)58)50-43(57)31(4)30(2)3/h14-20,22,24,30-31,36-37H,7-13,21,23,25-29H2,1-6H3,(H,50,57)(H2,47,51,52)(H3,48,49,58)/t31-,37-/m0/s1. The Balaban J connectivity index is 1.08. The summed E-state index contributed by atoms with van der Waals surface area (Å²) in [6, 6.07) is 14.4. The Morgan fingerprint density at radius 1 is 0.934 bits per heavy atom. The number of fused-ring (bicyclic) bond motifs is 1. The molecular formula is C46H65N9O6. The number of carbonyl (C=O) groups excluding carboxylic acids is 4. The van der Waals surface area contributed by atoms with Crippen molar-refractivity contribution in [2.75, 3.05) is 39.5 Å². The molecule has 15 heteroatoms. The molecule has 4 amide bonds. The largest absolute Gasteiger partial charge is 0.496 e. The number of benzene rings is 2. The molecule has 0 radical (unpaired) electrons. The van der Waals surface area contributed by atoms with Crippen molar-refractivity contribution in [3.05, 3.63) is 82.7 Å². The van der Waals surface area contributed by atoms with E-state index >= 15 is 0 Å². The van der Waals surface area contributed by atoms with Gasteiger partial charge in [-0.2, -0.15) is 0 Å². The number of ether oxygens (including phenoxy) is 2. The van der Waals surface area contributed by atoms with Gasteiger partial charge in [0.1, 0.15) is 12.4 Å². The van der Waals surface area contributed by atoms with E-state index in [1.165, 1.54) is 12.8 Å². The normalized spacial score (nSPS) is 14.0. The summed E-state index contributed by atoms with van der Waals surface area (Å²) in [7, 11) is 3.46. The lowest BCUT2D eigenvalue weighted by atomic mass is 9.95. The molecule has 6 N–H and O–H groups in total. The van der Waals surface area contributed by atoms with Crippen LogP contribution in [0.25, 0.3) is 11.0 Å². The maximum atomic E-state index is 13.3. The molecule has 5 rings (SSSR count). The predicted octanol–water partition coefficient (Wildman–Crippen LogP) is 5.98. The minimum atomic E-state index is -0.692. The van der Waals surface area contributed by atoms with Crippen molar-refractivity contribution >= 4 is 40.8 Å². The monoisotopic (exact) mass is 840 g/mol. The molecule has 0 bridgehead atoms. The fraction of sp³-hybridized carbons (Fsp3) is 0.522. The van der Waals surface area contributed by atoms with Crippen LogP contribution in [-0.2, 0) is 46.9 Å². The van der Waals surface area contributed by atoms with Crippen LogP contribution in [0, 0.1) is 11.8 Å². The molecule has 1 saturated heterocycles. The maximum Gasteiger partial charge on any atom is 0.410 e. The molecule has 1 fully saturated rings. The minimum absolute atomic E-state index is 0.0278. The Labute approximate surface area is 359 Å². The first-order valence-electron chi connectivity index (χ1n) is 21.6. The minimum Gasteiger partial charge on any atom is -0.496 e. The van der Waals surface area contributed by atoms with Crippen LogP contribution in [0.15, 0.2) is 54.7 Å². The van der Waals surface area contributed by atoms with Crippen molar-refractivity contribution < 1.29 is 28.7 Å². The molecule has 2 aromatic carbocycles. The van der Waals surface area contributed by atoms with Crippen LogP contribution in [0.2, 0.25) is 0 Å². The highest BCUT2D eigenvalue weighted by Gasteiger charge is 2.33. The van der Waals surface area contributed by atoms with Crippen molar-refractivity contribution in [1.29, 1.82) is 0 Å². The van der Waals surface area contributed by atoms with Crippen molar-refractivity contribution in [2.45, 2.75) is 111 Å². The average Bonchev–Trinajstić information content (AvgIpc) is 3.62. The number of aromatic nitrogens is 3. The number of urea groups is 1. The molecular weight excluding hydrogens is 775 g/mol. The summed E-state index contributed by atoms with van der Waals surface area (Å²) in [4.78, 5) is 63.3. The number of methoxy groups -OCH3 is 1. The van der Waals surface area contributed by atoms with Crippen LogP contribution >= 0.6 is 0 Å². The van der Waals surface area contributed by atoms with Crippen molar-refractivity contribution in [3.63, 3.8) is 0 Å². The van der Waals surface area contributed by atoms with E-state index in [0.717, 1.165) is 83.6 Å². The first-order valence-corrected chi connectivity index (χ1v) is 21.6. The second kappa shape index (κ2) is 22.2. The molecule has 0 spiro atoms. The van der Waals surface area contributed by atoms with E-state index in [4.69, 9.17) is 20.9 Å². The third-order valence-electron chi connectivity index (χ3n) is 11.7. The zero-order valence-electron chi connectivity index (χ0n) is 36.7. The number of primary amides is 1. The van der Waals surface area contributed by atoms with Gasteiger partial charge in [0.25, 0.3) is 0 Å². The van der Waals surface area contributed by atoms with Crippen molar-refractivity contribution in [3.8, 4) is 5.75 Å². The second-order valence-electron chi connectivity index (χ2n) is 16.7. The molecule has 3 heterocycles. The van der Waals surface area contributed by atoms with Gasteiger partial charge < -0.3 is 41.0 Å². The van der Waals surface area contributed by atoms with Crippen LogP contribution < -0.4 is 26.8 Å². The van der Waals surface area contributed by atoms with Crippen LogP contribution in [0.3, 0.4) is 0 Å². The number of carbonyl (C=O) groups is 4. The molecule has 330 valence electrons. The average molecular weight is 840 g/mol. The molecule has 15 nitrogen and oxygen atoms in total. The molecule has 61 heavy (non-hydrogen) atoms. The number of nitrogens with two attached hydrogens (primary N) is 2. The molecule has 0 unspecified atom stereocenters. The van der Waals surface area contributed by atoms with Gasteiger partial charge in [0.15, 0.2) is 5.78 Å². The Morgan fingerprint density at radius 2 is 1.66 bits per heavy atom. The number of nitrogens with one attached hydrogen (secondary N) is 2. The van der Waals surface area contributed by atoms with E-state index < -0.39 is 18.2 Å². The molecule has 1 aliphatic rings. The van der Waals surface area contributed by atoms with Gasteiger partial charge in [0.2, 0.25) is 11.9 Å². The van der Waals surface area contributed by atoms with Crippen LogP contribution in [-0.4, -0.2) is 94.0 Å². The summed E-state index contributed by atoms with van der Waals surface area (Å²) in [6.07, 6.45) is 8.08. The van der Waals surface area contributed by atoms with Gasteiger partial charge in [-0.15, -0.1) is 0 Å². The number of likely N-dealkylation sites (N-methyl/N-ethyl adjacent to an activating group) is 1. The third kappa shape index (κ3) is 13.1. The van der Waals surface area contributed by atoms with E-state index in [-0.39, 0.29) is 42.6 Å². The van der Waals surface area contributed by atoms with E-state index in [1.54, 1.807) is 19.1 Å². The SMILES string of the molecule is CCCCCCc1nc(N)nc2ccn(Cc3ccc(CN4CC(N(C)C(=O)OCc5ccc(CC(=O)[C@H](CCCNC(N)=O)NC(=O)[C@@H](C)C(C)C)cc5)C4)cc3OC)c12. The highest BCUT2D eigenvalue weighted by molar-refractivity contribution is 5.91. The summed E-state index contributed by atoms with van der Waals surface area (Å²) in [5.41, 5.74) is 17.8. The van der Waals surface area contributed by atoms with Gasteiger partial charge in [-0.3, -0.25) is 14.5 Å². The molecule has 0 aliphatic carbocycles. The predicted molar refractivity (Wildman–Crippen MR) is 237 cm³/mol. The maximum absolute atomic E-state index is 13.3. The quantitative estimate of drug-likeness (QED) is 0.0644. The lowest BCUT2D eigenvalue weighted by Gasteiger charge is -2.43. The summed E-state index contributed by atoms with van der Waals surface area (Å²) in [6.45, 7) is 11.2. The Kier molecular flexibility index (Phi) is 16.9. The fourth-order valence-electron chi connectivity index (χ4n) is 7.52. The van der Waals surface area contributed by atoms with Crippen molar-refractivity contribution in [2.24, 2.45) is 17.6 Å².